The lowest BCUT2D eigenvalue weighted by Gasteiger charge is -2.34. The maximum absolute atomic E-state index is 13.4. The summed E-state index contributed by atoms with van der Waals surface area (Å²) >= 11 is 0. The second-order valence-corrected chi connectivity index (χ2v) is 9.67. The average Bonchev–Trinajstić information content (AvgIpc) is 2.78. The highest BCUT2D eigenvalue weighted by Gasteiger charge is 2.31. The number of carbonyl (C=O) groups excluding carboxylic acids is 2. The Kier molecular flexibility index (Phi) is 8.11. The summed E-state index contributed by atoms with van der Waals surface area (Å²) in [5.74, 6) is 0.433. The molecule has 2 amide bonds. The van der Waals surface area contributed by atoms with Crippen LogP contribution in [0.2, 0.25) is 0 Å². The monoisotopic (exact) mass is 447 g/mol. The lowest BCUT2D eigenvalue weighted by molar-refractivity contribution is -0.134. The van der Waals surface area contributed by atoms with Crippen molar-refractivity contribution in [3.63, 3.8) is 0 Å². The molecule has 1 aliphatic heterocycles. The Hall–Kier alpha value is -3.33. The summed E-state index contributed by atoms with van der Waals surface area (Å²) in [4.78, 5) is 27.7. The van der Waals surface area contributed by atoms with E-state index in [1.54, 1.807) is 39.0 Å². The fourth-order valence-corrected chi connectivity index (χ4v) is 4.18. The molecule has 0 aromatic heterocycles. The van der Waals surface area contributed by atoms with Crippen molar-refractivity contribution in [3.8, 4) is 6.07 Å². The molecular weight excluding hydrogens is 414 g/mol. The predicted octanol–water partition coefficient (Wildman–Crippen LogP) is 4.48. The highest BCUT2D eigenvalue weighted by atomic mass is 16.6. The fraction of sp³-hybridized carbons (Fsp3) is 0.444. The van der Waals surface area contributed by atoms with Crippen LogP contribution in [0.4, 0.5) is 4.79 Å². The zero-order chi connectivity index (χ0) is 23.8. The minimum absolute atomic E-state index is 0.110. The molecule has 0 unspecified atom stereocenters. The first-order valence-corrected chi connectivity index (χ1v) is 11.5. The van der Waals surface area contributed by atoms with Gasteiger partial charge in [0.15, 0.2) is 0 Å². The maximum Gasteiger partial charge on any atom is 0.408 e. The summed E-state index contributed by atoms with van der Waals surface area (Å²) in [5.41, 5.74) is 2.01. The Labute approximate surface area is 196 Å². The van der Waals surface area contributed by atoms with Crippen LogP contribution in [-0.2, 0) is 22.4 Å². The first-order chi connectivity index (χ1) is 15.7. The molecule has 0 saturated carbocycles. The van der Waals surface area contributed by atoms with Crippen LogP contribution in [0.3, 0.4) is 0 Å². The summed E-state index contributed by atoms with van der Waals surface area (Å²) in [6.07, 6.45) is 2.57. The molecule has 174 valence electrons. The molecule has 0 radical (unpaired) electrons. The molecule has 1 atom stereocenters. The van der Waals surface area contributed by atoms with Gasteiger partial charge in [-0.1, -0.05) is 42.5 Å². The molecule has 2 aromatic carbocycles. The van der Waals surface area contributed by atoms with E-state index in [9.17, 15) is 14.9 Å². The van der Waals surface area contributed by atoms with Crippen LogP contribution < -0.4 is 5.32 Å². The first-order valence-electron chi connectivity index (χ1n) is 11.5. The minimum atomic E-state index is -0.750. The fourth-order valence-electron chi connectivity index (χ4n) is 4.18. The number of alkyl carbamates (subject to hydrolysis) is 1. The van der Waals surface area contributed by atoms with Gasteiger partial charge in [-0.2, -0.15) is 5.26 Å². The Morgan fingerprint density at radius 3 is 2.39 bits per heavy atom. The molecule has 0 bridgehead atoms. The predicted molar refractivity (Wildman–Crippen MR) is 127 cm³/mol. The topological polar surface area (TPSA) is 82.4 Å². The van der Waals surface area contributed by atoms with Crippen molar-refractivity contribution in [1.82, 2.24) is 10.2 Å². The number of hydrogen-bond donors (Lipinski definition) is 1. The zero-order valence-corrected chi connectivity index (χ0v) is 19.7. The van der Waals surface area contributed by atoms with Gasteiger partial charge in [-0.3, -0.25) is 4.79 Å². The number of hydrogen-bond acceptors (Lipinski definition) is 4. The number of carbonyl (C=O) groups is 2. The van der Waals surface area contributed by atoms with Crippen LogP contribution in [0.1, 0.15) is 50.3 Å². The van der Waals surface area contributed by atoms with Gasteiger partial charge in [0.1, 0.15) is 11.6 Å². The van der Waals surface area contributed by atoms with Crippen LogP contribution in [0.25, 0.3) is 0 Å². The molecule has 1 saturated heterocycles. The van der Waals surface area contributed by atoms with Gasteiger partial charge >= 0.3 is 6.09 Å². The van der Waals surface area contributed by atoms with E-state index < -0.39 is 17.7 Å². The van der Waals surface area contributed by atoms with Gasteiger partial charge < -0.3 is 15.0 Å². The lowest BCUT2D eigenvalue weighted by Crippen LogP contribution is -2.52. The molecule has 0 aliphatic carbocycles. The van der Waals surface area contributed by atoms with Crippen LogP contribution in [0.15, 0.2) is 54.6 Å². The summed E-state index contributed by atoms with van der Waals surface area (Å²) in [7, 11) is 0. The lowest BCUT2D eigenvalue weighted by atomic mass is 9.90. The summed E-state index contributed by atoms with van der Waals surface area (Å²) in [5, 5.41) is 12.0. The third-order valence-corrected chi connectivity index (χ3v) is 5.78. The Morgan fingerprint density at radius 2 is 1.76 bits per heavy atom. The largest absolute Gasteiger partial charge is 0.444 e. The van der Waals surface area contributed by atoms with Gasteiger partial charge in [-0.05, 0) is 69.2 Å². The van der Waals surface area contributed by atoms with Gasteiger partial charge in [0.25, 0.3) is 0 Å². The van der Waals surface area contributed by atoms with E-state index in [4.69, 9.17) is 4.74 Å². The van der Waals surface area contributed by atoms with Crippen molar-refractivity contribution < 1.29 is 14.3 Å². The molecule has 3 rings (SSSR count). The summed E-state index contributed by atoms with van der Waals surface area (Å²) in [6.45, 7) is 6.70. The van der Waals surface area contributed by atoms with Gasteiger partial charge in [-0.25, -0.2) is 4.79 Å². The first kappa shape index (κ1) is 24.3. The summed E-state index contributed by atoms with van der Waals surface area (Å²) < 4.78 is 5.40. The van der Waals surface area contributed by atoms with E-state index in [-0.39, 0.29) is 5.91 Å². The van der Waals surface area contributed by atoms with Crippen LogP contribution in [-0.4, -0.2) is 41.6 Å². The van der Waals surface area contributed by atoms with Crippen molar-refractivity contribution in [3.05, 3.63) is 71.3 Å². The zero-order valence-electron chi connectivity index (χ0n) is 19.7. The SMILES string of the molecule is CC(C)(C)OC(=O)N[C@@H](Cc1cccc(C#N)c1)C(=O)N1CCC(Cc2ccccc2)CC1. The Bertz CT molecular complexity index is 984. The Morgan fingerprint density at radius 1 is 1.09 bits per heavy atom. The van der Waals surface area contributed by atoms with E-state index in [2.05, 4.69) is 35.7 Å². The molecule has 0 spiro atoms. The molecular formula is C27H33N3O3. The quantitative estimate of drug-likeness (QED) is 0.708. The summed E-state index contributed by atoms with van der Waals surface area (Å²) in [6, 6.07) is 18.9. The van der Waals surface area contributed by atoms with Crippen molar-refractivity contribution >= 4 is 12.0 Å². The normalized spacial score (nSPS) is 15.4. The number of nitrogens with zero attached hydrogens (tertiary/aromatic N) is 2. The molecule has 1 fully saturated rings. The van der Waals surface area contributed by atoms with Crippen molar-refractivity contribution in [2.24, 2.45) is 5.92 Å². The van der Waals surface area contributed by atoms with Crippen LogP contribution >= 0.6 is 0 Å². The molecule has 2 aromatic rings. The number of nitriles is 1. The third-order valence-electron chi connectivity index (χ3n) is 5.78. The number of piperidine rings is 1. The van der Waals surface area contributed by atoms with Gasteiger partial charge in [0.05, 0.1) is 11.6 Å². The van der Waals surface area contributed by atoms with Crippen LogP contribution in [0.5, 0.6) is 0 Å². The van der Waals surface area contributed by atoms with Gasteiger partial charge in [0, 0.05) is 19.5 Å². The van der Waals surface area contributed by atoms with E-state index in [1.807, 2.05) is 17.0 Å². The Balaban J connectivity index is 1.66. The van der Waals surface area contributed by atoms with E-state index in [0.717, 1.165) is 24.8 Å². The number of benzene rings is 2. The molecule has 1 aliphatic rings. The van der Waals surface area contributed by atoms with E-state index >= 15 is 0 Å². The maximum atomic E-state index is 13.4. The second kappa shape index (κ2) is 11.0. The highest BCUT2D eigenvalue weighted by Crippen LogP contribution is 2.23. The van der Waals surface area contributed by atoms with Crippen molar-refractivity contribution in [1.29, 1.82) is 5.26 Å². The van der Waals surface area contributed by atoms with Crippen molar-refractivity contribution in [2.75, 3.05) is 13.1 Å². The number of ether oxygens (including phenoxy) is 1. The van der Waals surface area contributed by atoms with E-state index in [0.29, 0.717) is 31.0 Å². The third kappa shape index (κ3) is 7.64. The van der Waals surface area contributed by atoms with Gasteiger partial charge in [0.2, 0.25) is 5.91 Å². The number of amides is 2. The van der Waals surface area contributed by atoms with Crippen LogP contribution in [0, 0.1) is 17.2 Å². The standard InChI is InChI=1S/C27H33N3O3/c1-27(2,3)33-26(32)29-24(18-22-10-7-11-23(17-22)19-28)25(31)30-14-12-21(13-15-30)16-20-8-5-4-6-9-20/h4-11,17,21,24H,12-16,18H2,1-3H3,(H,29,32)/t24-/m0/s1. The molecule has 6 heteroatoms. The minimum Gasteiger partial charge on any atom is -0.444 e. The number of rotatable bonds is 6. The van der Waals surface area contributed by atoms with E-state index in [1.165, 1.54) is 5.56 Å². The molecule has 33 heavy (non-hydrogen) atoms. The highest BCUT2D eigenvalue weighted by molar-refractivity contribution is 5.86. The average molecular weight is 448 g/mol. The number of nitrogens with one attached hydrogen (secondary N) is 1. The molecule has 1 heterocycles. The number of likely N-dealkylation sites (tertiary alicyclic amines) is 1. The van der Waals surface area contributed by atoms with Gasteiger partial charge in [-0.15, -0.1) is 0 Å². The van der Waals surface area contributed by atoms with Crippen molar-refractivity contribution in [2.45, 2.75) is 58.1 Å². The second-order valence-electron chi connectivity index (χ2n) is 9.67. The smallest absolute Gasteiger partial charge is 0.408 e. The molecule has 6 nitrogen and oxygen atoms in total. The molecule has 1 N–H and O–H groups in total.